The van der Waals surface area contributed by atoms with Gasteiger partial charge < -0.3 is 15.0 Å². The molecule has 1 aliphatic carbocycles. The van der Waals surface area contributed by atoms with Crippen molar-refractivity contribution in [3.8, 4) is 5.75 Å². The van der Waals surface area contributed by atoms with Gasteiger partial charge in [0.05, 0.1) is 5.25 Å². The average molecular weight is 461 g/mol. The number of thioether (sulfide) groups is 1. The molecule has 30 heavy (non-hydrogen) atoms. The summed E-state index contributed by atoms with van der Waals surface area (Å²) in [4.78, 5) is 14.6. The van der Waals surface area contributed by atoms with Crippen molar-refractivity contribution >= 4 is 39.8 Å². The summed E-state index contributed by atoms with van der Waals surface area (Å²) in [7, 11) is 1.87. The quantitative estimate of drug-likeness (QED) is 0.554. The van der Waals surface area contributed by atoms with Crippen LogP contribution in [0, 0.1) is 0 Å². The zero-order valence-electron chi connectivity index (χ0n) is 16.6. The Balaban J connectivity index is 1.53. The summed E-state index contributed by atoms with van der Waals surface area (Å²) >= 11 is 2.64. The molecule has 0 radical (unpaired) electrons. The number of nitrogens with one attached hydrogen (secondary N) is 1. The summed E-state index contributed by atoms with van der Waals surface area (Å²) in [5, 5.41) is 11.3. The smallest absolute Gasteiger partial charge is 0.406 e. The summed E-state index contributed by atoms with van der Waals surface area (Å²) in [5.41, 5.74) is 0.554. The molecule has 0 bridgehead atoms. The highest BCUT2D eigenvalue weighted by Crippen LogP contribution is 2.32. The molecule has 0 saturated heterocycles. The predicted molar refractivity (Wildman–Crippen MR) is 111 cm³/mol. The van der Waals surface area contributed by atoms with E-state index >= 15 is 0 Å². The van der Waals surface area contributed by atoms with Crippen molar-refractivity contribution < 1.29 is 22.7 Å². The molecule has 1 heterocycles. The van der Waals surface area contributed by atoms with Crippen LogP contribution in [0.5, 0.6) is 5.75 Å². The molecular weight excluding hydrogens is 437 g/mol. The highest BCUT2D eigenvalue weighted by Gasteiger charge is 2.31. The van der Waals surface area contributed by atoms with E-state index in [2.05, 4.69) is 20.3 Å². The van der Waals surface area contributed by atoms with E-state index in [1.54, 1.807) is 0 Å². The van der Waals surface area contributed by atoms with Crippen LogP contribution in [0.1, 0.15) is 39.0 Å². The van der Waals surface area contributed by atoms with Gasteiger partial charge in [-0.25, -0.2) is 0 Å². The molecule has 1 N–H and O–H groups in total. The summed E-state index contributed by atoms with van der Waals surface area (Å²) in [5.74, 6) is -0.215. The number of carbonyl (C=O) groups excluding carboxylic acids is 1. The van der Waals surface area contributed by atoms with Gasteiger partial charge in [-0.3, -0.25) is 4.79 Å². The van der Waals surface area contributed by atoms with Crippen molar-refractivity contribution in [3.63, 3.8) is 0 Å². The van der Waals surface area contributed by atoms with Gasteiger partial charge in [0.15, 0.2) is 4.34 Å². The van der Waals surface area contributed by atoms with Gasteiger partial charge in [-0.05, 0) is 44.0 Å². The lowest BCUT2D eigenvalue weighted by Gasteiger charge is -2.32. The van der Waals surface area contributed by atoms with Crippen LogP contribution in [-0.2, 0) is 4.79 Å². The lowest BCUT2D eigenvalue weighted by Crippen LogP contribution is -2.42. The minimum absolute atomic E-state index is 0.0804. The number of anilines is 2. The molecule has 3 rings (SSSR count). The first-order chi connectivity index (χ1) is 14.2. The van der Waals surface area contributed by atoms with Crippen molar-refractivity contribution in [2.45, 2.75) is 61.0 Å². The van der Waals surface area contributed by atoms with Gasteiger partial charge in [-0.15, -0.1) is 23.4 Å². The van der Waals surface area contributed by atoms with E-state index in [9.17, 15) is 18.0 Å². The Kier molecular flexibility index (Phi) is 7.45. The van der Waals surface area contributed by atoms with Gasteiger partial charge in [0.2, 0.25) is 11.0 Å². The van der Waals surface area contributed by atoms with E-state index in [0.29, 0.717) is 21.2 Å². The zero-order chi connectivity index (χ0) is 21.7. The molecule has 1 unspecified atom stereocenters. The van der Waals surface area contributed by atoms with Crippen LogP contribution in [0.4, 0.5) is 24.0 Å². The molecule has 0 aliphatic heterocycles. The number of aromatic nitrogens is 2. The van der Waals surface area contributed by atoms with Crippen LogP contribution in [0.2, 0.25) is 0 Å². The first-order valence-corrected chi connectivity index (χ1v) is 11.3. The molecule has 1 amide bonds. The molecule has 1 aromatic carbocycles. The maximum atomic E-state index is 12.7. The molecule has 1 atom stereocenters. The number of hydrogen-bond donors (Lipinski definition) is 1. The topological polar surface area (TPSA) is 67.4 Å². The van der Waals surface area contributed by atoms with Gasteiger partial charge in [0, 0.05) is 18.8 Å². The number of amides is 1. The molecule has 2 aromatic rings. The zero-order valence-corrected chi connectivity index (χ0v) is 18.2. The average Bonchev–Trinajstić information content (AvgIpc) is 3.14. The fourth-order valence-corrected chi connectivity index (χ4v) is 5.33. The molecule has 0 spiro atoms. The number of nitrogens with zero attached hydrogens (tertiary/aromatic N) is 3. The summed E-state index contributed by atoms with van der Waals surface area (Å²) in [6.45, 7) is 1.86. The Hall–Kier alpha value is -2.01. The van der Waals surface area contributed by atoms with Crippen molar-refractivity contribution in [3.05, 3.63) is 24.3 Å². The maximum Gasteiger partial charge on any atom is 0.573 e. The fourth-order valence-electron chi connectivity index (χ4n) is 3.31. The second kappa shape index (κ2) is 9.86. The third-order valence-electron chi connectivity index (χ3n) is 4.84. The number of carbonyl (C=O) groups is 1. The van der Waals surface area contributed by atoms with Crippen molar-refractivity contribution in [1.82, 2.24) is 15.1 Å². The monoisotopic (exact) mass is 460 g/mol. The molecule has 1 fully saturated rings. The SMILES string of the molecule is CC(Sc1nnc(Nc2ccc(OC(F)(F)F)cc2)s1)C(=O)N(C)C1CCCCC1. The third-order valence-corrected chi connectivity index (χ3v) is 6.85. The second-order valence-electron chi connectivity index (χ2n) is 7.07. The van der Waals surface area contributed by atoms with E-state index in [-0.39, 0.29) is 16.9 Å². The summed E-state index contributed by atoms with van der Waals surface area (Å²) < 4.78 is 41.2. The maximum absolute atomic E-state index is 12.7. The minimum Gasteiger partial charge on any atom is -0.406 e. The highest BCUT2D eigenvalue weighted by atomic mass is 32.2. The van der Waals surface area contributed by atoms with Crippen molar-refractivity contribution in [1.29, 1.82) is 0 Å². The van der Waals surface area contributed by atoms with E-state index < -0.39 is 6.36 Å². The van der Waals surface area contributed by atoms with E-state index in [4.69, 9.17) is 0 Å². The van der Waals surface area contributed by atoms with Crippen LogP contribution < -0.4 is 10.1 Å². The molecule has 6 nitrogen and oxygen atoms in total. The Bertz CT molecular complexity index is 839. The Morgan fingerprint density at radius 3 is 2.53 bits per heavy atom. The van der Waals surface area contributed by atoms with Crippen molar-refractivity contribution in [2.75, 3.05) is 12.4 Å². The normalized spacial score (nSPS) is 16.2. The summed E-state index contributed by atoms with van der Waals surface area (Å²) in [6.07, 6.45) is 0.955. The fraction of sp³-hybridized carbons (Fsp3) is 0.526. The molecule has 1 aliphatic rings. The standard InChI is InChI=1S/C19H23F3N4O2S2/c1-12(16(27)26(2)14-6-4-3-5-7-14)29-18-25-24-17(30-18)23-13-8-10-15(11-9-13)28-19(20,21)22/h8-12,14H,3-7H2,1-2H3,(H,23,24). The third kappa shape index (κ3) is 6.49. The number of halogens is 3. The second-order valence-corrected chi connectivity index (χ2v) is 9.64. The van der Waals surface area contributed by atoms with Crippen LogP contribution in [0.25, 0.3) is 0 Å². The first-order valence-electron chi connectivity index (χ1n) is 9.61. The number of hydrogen-bond acceptors (Lipinski definition) is 7. The van der Waals surface area contributed by atoms with E-state index in [0.717, 1.165) is 12.8 Å². The highest BCUT2D eigenvalue weighted by molar-refractivity contribution is 8.02. The number of alkyl halides is 3. The van der Waals surface area contributed by atoms with Crippen LogP contribution >= 0.6 is 23.1 Å². The molecule has 1 aromatic heterocycles. The van der Waals surface area contributed by atoms with Crippen LogP contribution in [0.15, 0.2) is 28.6 Å². The van der Waals surface area contributed by atoms with Gasteiger partial charge in [-0.2, -0.15) is 0 Å². The van der Waals surface area contributed by atoms with Crippen LogP contribution in [0.3, 0.4) is 0 Å². The van der Waals surface area contributed by atoms with Gasteiger partial charge in [-0.1, -0.05) is 42.4 Å². The number of rotatable bonds is 7. The minimum atomic E-state index is -4.72. The number of ether oxygens (including phenoxy) is 1. The van der Waals surface area contributed by atoms with E-state index in [1.807, 2.05) is 18.9 Å². The van der Waals surface area contributed by atoms with Gasteiger partial charge in [0.1, 0.15) is 5.75 Å². The lowest BCUT2D eigenvalue weighted by atomic mass is 9.94. The molecule has 11 heteroatoms. The lowest BCUT2D eigenvalue weighted by molar-refractivity contribution is -0.274. The predicted octanol–water partition coefficient (Wildman–Crippen LogP) is 5.45. The molecule has 164 valence electrons. The largest absolute Gasteiger partial charge is 0.573 e. The number of benzene rings is 1. The Morgan fingerprint density at radius 1 is 1.23 bits per heavy atom. The Morgan fingerprint density at radius 2 is 1.90 bits per heavy atom. The van der Waals surface area contributed by atoms with Gasteiger partial charge in [0.25, 0.3) is 0 Å². The first kappa shape index (κ1) is 22.7. The Labute approximate surface area is 181 Å². The van der Waals surface area contributed by atoms with Crippen molar-refractivity contribution in [2.24, 2.45) is 0 Å². The van der Waals surface area contributed by atoms with Crippen LogP contribution in [-0.4, -0.2) is 45.7 Å². The van der Waals surface area contributed by atoms with E-state index in [1.165, 1.54) is 66.6 Å². The molecular formula is C19H23F3N4O2S2. The molecule has 1 saturated carbocycles. The summed E-state index contributed by atoms with van der Waals surface area (Å²) in [6, 6.07) is 5.66. The van der Waals surface area contributed by atoms with Gasteiger partial charge >= 0.3 is 6.36 Å².